The predicted octanol–water partition coefficient (Wildman–Crippen LogP) is 0.839. The molecule has 2 amide bonds. The van der Waals surface area contributed by atoms with Gasteiger partial charge in [-0.3, -0.25) is 14.3 Å². The van der Waals surface area contributed by atoms with Crippen LogP contribution in [0, 0.1) is 12.8 Å². The highest BCUT2D eigenvalue weighted by molar-refractivity contribution is 5.90. The lowest BCUT2D eigenvalue weighted by atomic mass is 10.1. The number of aromatic nitrogens is 2. The van der Waals surface area contributed by atoms with Crippen LogP contribution in [-0.4, -0.2) is 39.1 Å². The molecule has 2 heterocycles. The molecule has 1 aliphatic heterocycles. The van der Waals surface area contributed by atoms with Crippen molar-refractivity contribution in [1.82, 2.24) is 20.0 Å². The van der Waals surface area contributed by atoms with Crippen LogP contribution >= 0.6 is 0 Å². The summed E-state index contributed by atoms with van der Waals surface area (Å²) < 4.78 is 1.93. The summed E-state index contributed by atoms with van der Waals surface area (Å²) in [6.45, 7) is 5.80. The first-order chi connectivity index (χ1) is 10.1. The molecule has 1 N–H and O–H groups in total. The minimum atomic E-state index is -0.320. The van der Waals surface area contributed by atoms with Crippen LogP contribution in [0.3, 0.4) is 0 Å². The minimum Gasteiger partial charge on any atom is -0.344 e. The highest BCUT2D eigenvalue weighted by Crippen LogP contribution is 2.34. The Bertz CT molecular complexity index is 562. The Morgan fingerprint density at radius 2 is 2.14 bits per heavy atom. The van der Waals surface area contributed by atoms with E-state index < -0.39 is 0 Å². The van der Waals surface area contributed by atoms with E-state index in [4.69, 9.17) is 0 Å². The molecule has 21 heavy (non-hydrogen) atoms. The molecule has 114 valence electrons. The quantitative estimate of drug-likeness (QED) is 0.893. The molecular formula is C15H22N4O2. The number of carbonyl (C=O) groups is 2. The lowest BCUT2D eigenvalue weighted by Crippen LogP contribution is -2.45. The van der Waals surface area contributed by atoms with Gasteiger partial charge in [-0.25, -0.2) is 0 Å². The predicted molar refractivity (Wildman–Crippen MR) is 77.3 cm³/mol. The molecule has 6 nitrogen and oxygen atoms in total. The Balaban J connectivity index is 1.79. The number of hydrogen-bond donors (Lipinski definition) is 1. The van der Waals surface area contributed by atoms with Crippen molar-refractivity contribution in [2.45, 2.75) is 52.2 Å². The van der Waals surface area contributed by atoms with Crippen molar-refractivity contribution < 1.29 is 9.59 Å². The maximum atomic E-state index is 12.7. The molecule has 1 aromatic rings. The number of amides is 2. The number of aryl methyl sites for hydroxylation is 2. The smallest absolute Gasteiger partial charge is 0.245 e. The maximum absolute atomic E-state index is 12.7. The maximum Gasteiger partial charge on any atom is 0.245 e. The molecule has 0 aromatic carbocycles. The van der Waals surface area contributed by atoms with E-state index in [9.17, 15) is 9.59 Å². The highest BCUT2D eigenvalue weighted by atomic mass is 16.2. The second-order valence-corrected chi connectivity index (χ2v) is 5.99. The van der Waals surface area contributed by atoms with E-state index in [1.165, 1.54) is 0 Å². The number of nitrogens with one attached hydrogen (secondary N) is 1. The summed E-state index contributed by atoms with van der Waals surface area (Å²) in [6.07, 6.45) is 2.46. The third-order valence-electron chi connectivity index (χ3n) is 4.23. The summed E-state index contributed by atoms with van der Waals surface area (Å²) in [5, 5.41) is 7.31. The van der Waals surface area contributed by atoms with Gasteiger partial charge in [0.05, 0.1) is 17.9 Å². The van der Waals surface area contributed by atoms with E-state index in [0.717, 1.165) is 30.8 Å². The molecule has 1 saturated heterocycles. The first kappa shape index (κ1) is 14.1. The van der Waals surface area contributed by atoms with Gasteiger partial charge in [0.2, 0.25) is 11.8 Å². The standard InChI is InChI=1S/C15H22N4O2/c1-3-19-12(8-10(2)17-19)9-18-7-6-13(20)16-14(15(18)21)11-4-5-11/h8,11,14H,3-7,9H2,1-2H3,(H,16,20). The van der Waals surface area contributed by atoms with Gasteiger partial charge in [0, 0.05) is 19.5 Å². The van der Waals surface area contributed by atoms with E-state index in [2.05, 4.69) is 10.4 Å². The summed E-state index contributed by atoms with van der Waals surface area (Å²) in [7, 11) is 0. The van der Waals surface area contributed by atoms with Gasteiger partial charge in [-0.15, -0.1) is 0 Å². The fourth-order valence-electron chi connectivity index (χ4n) is 2.95. The lowest BCUT2D eigenvalue weighted by molar-refractivity contribution is -0.134. The Labute approximate surface area is 124 Å². The van der Waals surface area contributed by atoms with Crippen molar-refractivity contribution in [1.29, 1.82) is 0 Å². The Kier molecular flexibility index (Phi) is 3.69. The van der Waals surface area contributed by atoms with E-state index >= 15 is 0 Å². The van der Waals surface area contributed by atoms with Crippen LogP contribution in [0.15, 0.2) is 6.07 Å². The first-order valence-corrected chi connectivity index (χ1v) is 7.70. The van der Waals surface area contributed by atoms with Gasteiger partial charge in [0.25, 0.3) is 0 Å². The van der Waals surface area contributed by atoms with Gasteiger partial charge in [-0.1, -0.05) is 0 Å². The zero-order chi connectivity index (χ0) is 15.0. The molecule has 3 rings (SSSR count). The minimum absolute atomic E-state index is 0.0112. The second-order valence-electron chi connectivity index (χ2n) is 5.99. The fraction of sp³-hybridized carbons (Fsp3) is 0.667. The zero-order valence-corrected chi connectivity index (χ0v) is 12.6. The normalized spacial score (nSPS) is 23.1. The molecule has 0 bridgehead atoms. The first-order valence-electron chi connectivity index (χ1n) is 7.70. The van der Waals surface area contributed by atoms with Gasteiger partial charge in [0.15, 0.2) is 0 Å². The summed E-state index contributed by atoms with van der Waals surface area (Å²) in [6, 6.07) is 1.70. The second kappa shape index (κ2) is 5.50. The summed E-state index contributed by atoms with van der Waals surface area (Å²) in [5.41, 5.74) is 1.99. The SMILES string of the molecule is CCn1nc(C)cc1CN1CCC(=O)NC(C2CC2)C1=O. The fourth-order valence-corrected chi connectivity index (χ4v) is 2.95. The Morgan fingerprint density at radius 3 is 2.81 bits per heavy atom. The molecule has 2 aliphatic rings. The molecule has 0 radical (unpaired) electrons. The molecule has 1 aliphatic carbocycles. The van der Waals surface area contributed by atoms with Crippen molar-refractivity contribution >= 4 is 11.8 Å². The van der Waals surface area contributed by atoms with Crippen LogP contribution < -0.4 is 5.32 Å². The third kappa shape index (κ3) is 2.94. The van der Waals surface area contributed by atoms with Gasteiger partial charge < -0.3 is 10.2 Å². The average Bonchev–Trinajstić information content (AvgIpc) is 3.24. The monoisotopic (exact) mass is 290 g/mol. The molecule has 1 saturated carbocycles. The molecule has 2 fully saturated rings. The zero-order valence-electron chi connectivity index (χ0n) is 12.6. The van der Waals surface area contributed by atoms with Crippen molar-refractivity contribution in [3.63, 3.8) is 0 Å². The Morgan fingerprint density at radius 1 is 1.38 bits per heavy atom. The molecule has 6 heteroatoms. The highest BCUT2D eigenvalue weighted by Gasteiger charge is 2.41. The van der Waals surface area contributed by atoms with Crippen molar-refractivity contribution in [3.8, 4) is 0 Å². The molecule has 1 atom stereocenters. The lowest BCUT2D eigenvalue weighted by Gasteiger charge is -2.24. The summed E-state index contributed by atoms with van der Waals surface area (Å²) in [5.74, 6) is 0.382. The molecule has 1 aromatic heterocycles. The number of carbonyl (C=O) groups excluding carboxylic acids is 2. The largest absolute Gasteiger partial charge is 0.344 e. The topological polar surface area (TPSA) is 67.2 Å². The molecule has 1 unspecified atom stereocenters. The van der Waals surface area contributed by atoms with E-state index in [1.54, 1.807) is 0 Å². The number of rotatable bonds is 4. The van der Waals surface area contributed by atoms with Gasteiger partial charge in [-0.2, -0.15) is 5.10 Å². The van der Waals surface area contributed by atoms with Crippen LogP contribution in [0.1, 0.15) is 37.6 Å². The average molecular weight is 290 g/mol. The van der Waals surface area contributed by atoms with Gasteiger partial charge in [0.1, 0.15) is 6.04 Å². The van der Waals surface area contributed by atoms with Crippen molar-refractivity contribution in [2.75, 3.05) is 6.54 Å². The van der Waals surface area contributed by atoms with Crippen molar-refractivity contribution in [3.05, 3.63) is 17.5 Å². The van der Waals surface area contributed by atoms with Crippen LogP contribution in [0.5, 0.6) is 0 Å². The van der Waals surface area contributed by atoms with Gasteiger partial charge in [-0.05, 0) is 38.7 Å². The number of hydrogen-bond acceptors (Lipinski definition) is 3. The molecule has 0 spiro atoms. The third-order valence-corrected chi connectivity index (χ3v) is 4.23. The molecular weight excluding hydrogens is 268 g/mol. The summed E-state index contributed by atoms with van der Waals surface area (Å²) >= 11 is 0. The van der Waals surface area contributed by atoms with E-state index in [0.29, 0.717) is 25.4 Å². The van der Waals surface area contributed by atoms with Crippen molar-refractivity contribution in [2.24, 2.45) is 5.92 Å². The summed E-state index contributed by atoms with van der Waals surface area (Å²) in [4.78, 5) is 26.3. The van der Waals surface area contributed by atoms with Crippen LogP contribution in [-0.2, 0) is 22.7 Å². The van der Waals surface area contributed by atoms with E-state index in [1.807, 2.05) is 29.5 Å². The van der Waals surface area contributed by atoms with Crippen LogP contribution in [0.4, 0.5) is 0 Å². The Hall–Kier alpha value is -1.85. The van der Waals surface area contributed by atoms with E-state index in [-0.39, 0.29) is 17.9 Å². The van der Waals surface area contributed by atoms with Crippen LogP contribution in [0.25, 0.3) is 0 Å². The van der Waals surface area contributed by atoms with Crippen LogP contribution in [0.2, 0.25) is 0 Å². The number of nitrogens with zero attached hydrogens (tertiary/aromatic N) is 3. The van der Waals surface area contributed by atoms with Gasteiger partial charge >= 0.3 is 0 Å².